The summed E-state index contributed by atoms with van der Waals surface area (Å²) >= 11 is 0. The van der Waals surface area contributed by atoms with Crippen LogP contribution >= 0.6 is 0 Å². The Bertz CT molecular complexity index is 242. The molecular formula is C10H15NO4. The number of hydrogen-bond acceptors (Lipinski definition) is 5. The highest BCUT2D eigenvalue weighted by Crippen LogP contribution is 1.85. The van der Waals surface area contributed by atoms with Crippen LogP contribution in [0.2, 0.25) is 0 Å². The second-order valence-corrected chi connectivity index (χ2v) is 2.29. The molecule has 0 unspecified atom stereocenters. The molecule has 0 aromatic heterocycles. The molecule has 0 atom stereocenters. The molecule has 0 aliphatic rings. The van der Waals surface area contributed by atoms with Gasteiger partial charge in [0.15, 0.2) is 0 Å². The van der Waals surface area contributed by atoms with Gasteiger partial charge in [-0.1, -0.05) is 20.4 Å². The summed E-state index contributed by atoms with van der Waals surface area (Å²) in [6.07, 6.45) is 3.51. The lowest BCUT2D eigenvalue weighted by atomic mass is 10.5. The molecule has 0 aromatic carbocycles. The van der Waals surface area contributed by atoms with Gasteiger partial charge < -0.3 is 9.47 Å². The van der Waals surface area contributed by atoms with E-state index in [0.717, 1.165) is 12.5 Å². The monoisotopic (exact) mass is 213 g/mol. The minimum Gasteiger partial charge on any atom is -0.466 e. The molecular weight excluding hydrogens is 198 g/mol. The number of carbonyl (C=O) groups excluding carboxylic acids is 2. The van der Waals surface area contributed by atoms with Crippen molar-refractivity contribution in [2.75, 3.05) is 6.61 Å². The van der Waals surface area contributed by atoms with Crippen LogP contribution in [-0.2, 0) is 19.1 Å². The summed E-state index contributed by atoms with van der Waals surface area (Å²) in [4.78, 5) is 20.2. The number of carbonyl (C=O) groups is 2. The van der Waals surface area contributed by atoms with E-state index in [1.807, 2.05) is 6.92 Å². The Labute approximate surface area is 89.3 Å². The topological polar surface area (TPSA) is 76.4 Å². The highest BCUT2D eigenvalue weighted by Gasteiger charge is 1.93. The fraction of sp³-hybridized carbons (Fsp3) is 0.500. The van der Waals surface area contributed by atoms with Crippen molar-refractivity contribution in [3.63, 3.8) is 0 Å². The molecule has 0 aliphatic carbocycles. The summed E-state index contributed by atoms with van der Waals surface area (Å²) in [6.45, 7) is 7.38. The van der Waals surface area contributed by atoms with Gasteiger partial charge in [0.1, 0.15) is 0 Å². The quantitative estimate of drug-likeness (QED) is 0.402. The SMILES string of the molecule is C=CC(=O)OC#N.CCCOC(=O)CC. The van der Waals surface area contributed by atoms with E-state index in [2.05, 4.69) is 11.3 Å². The number of ether oxygens (including phenoxy) is 2. The van der Waals surface area contributed by atoms with Crippen molar-refractivity contribution in [3.8, 4) is 6.26 Å². The number of rotatable bonds is 4. The number of nitriles is 1. The van der Waals surface area contributed by atoms with Gasteiger partial charge >= 0.3 is 11.9 Å². The second-order valence-electron chi connectivity index (χ2n) is 2.29. The maximum Gasteiger partial charge on any atom is 0.345 e. The fourth-order valence-electron chi connectivity index (χ4n) is 0.405. The van der Waals surface area contributed by atoms with Crippen molar-refractivity contribution in [2.24, 2.45) is 0 Å². The minimum absolute atomic E-state index is 0.105. The predicted octanol–water partition coefficient (Wildman–Crippen LogP) is 1.55. The number of esters is 2. The molecule has 0 radical (unpaired) electrons. The minimum atomic E-state index is -0.720. The first-order valence-corrected chi connectivity index (χ1v) is 4.50. The zero-order valence-electron chi connectivity index (χ0n) is 8.99. The van der Waals surface area contributed by atoms with Crippen molar-refractivity contribution in [3.05, 3.63) is 12.7 Å². The fourth-order valence-corrected chi connectivity index (χ4v) is 0.405. The third kappa shape index (κ3) is 15.0. The summed E-state index contributed by atoms with van der Waals surface area (Å²) in [5, 5.41) is 7.63. The van der Waals surface area contributed by atoms with Crippen LogP contribution < -0.4 is 0 Å². The van der Waals surface area contributed by atoms with E-state index < -0.39 is 5.97 Å². The normalized spacial score (nSPS) is 7.53. The second kappa shape index (κ2) is 12.2. The third-order valence-electron chi connectivity index (χ3n) is 1.07. The molecule has 0 fully saturated rings. The summed E-state index contributed by atoms with van der Waals surface area (Å²) < 4.78 is 8.44. The third-order valence-corrected chi connectivity index (χ3v) is 1.07. The molecule has 84 valence electrons. The molecule has 0 aromatic rings. The van der Waals surface area contributed by atoms with E-state index >= 15 is 0 Å². The highest BCUT2D eigenvalue weighted by atomic mass is 16.5. The molecule has 15 heavy (non-hydrogen) atoms. The largest absolute Gasteiger partial charge is 0.466 e. The summed E-state index contributed by atoms with van der Waals surface area (Å²) in [7, 11) is 0. The Kier molecular flexibility index (Phi) is 12.7. The molecule has 0 aliphatic heterocycles. The lowest BCUT2D eigenvalue weighted by molar-refractivity contribution is -0.143. The van der Waals surface area contributed by atoms with E-state index in [1.165, 1.54) is 6.26 Å². The lowest BCUT2D eigenvalue weighted by Gasteiger charge is -1.97. The smallest absolute Gasteiger partial charge is 0.345 e. The first-order chi connectivity index (χ1) is 7.12. The number of nitrogens with zero attached hydrogens (tertiary/aromatic N) is 1. The van der Waals surface area contributed by atoms with E-state index in [9.17, 15) is 9.59 Å². The van der Waals surface area contributed by atoms with Crippen molar-refractivity contribution < 1.29 is 19.1 Å². The molecule has 5 heteroatoms. The van der Waals surface area contributed by atoms with E-state index in [-0.39, 0.29) is 5.97 Å². The molecule has 0 rings (SSSR count). The maximum absolute atomic E-state index is 10.3. The van der Waals surface area contributed by atoms with Crippen molar-refractivity contribution >= 4 is 11.9 Å². The molecule has 0 spiro atoms. The zero-order valence-corrected chi connectivity index (χ0v) is 8.99. The zero-order chi connectivity index (χ0) is 12.1. The van der Waals surface area contributed by atoms with Crippen molar-refractivity contribution in [1.29, 1.82) is 5.26 Å². The Morgan fingerprint density at radius 1 is 1.47 bits per heavy atom. The summed E-state index contributed by atoms with van der Waals surface area (Å²) in [5.41, 5.74) is 0. The average molecular weight is 213 g/mol. The van der Waals surface area contributed by atoms with Gasteiger partial charge in [0.25, 0.3) is 6.26 Å². The van der Waals surface area contributed by atoms with Crippen LogP contribution in [0.4, 0.5) is 0 Å². The molecule has 0 saturated carbocycles. The Hall–Kier alpha value is -1.83. The predicted molar refractivity (Wildman–Crippen MR) is 53.4 cm³/mol. The van der Waals surface area contributed by atoms with Gasteiger partial charge in [-0.05, 0) is 6.42 Å². The molecule has 0 N–H and O–H groups in total. The van der Waals surface area contributed by atoms with Crippen molar-refractivity contribution in [1.82, 2.24) is 0 Å². The Morgan fingerprint density at radius 3 is 2.33 bits per heavy atom. The van der Waals surface area contributed by atoms with E-state index in [4.69, 9.17) is 10.00 Å². The van der Waals surface area contributed by atoms with Gasteiger partial charge in [0.05, 0.1) is 6.61 Å². The standard InChI is InChI=1S/C6H12O2.C4H3NO2/c1-3-5-8-6(7)4-2;1-2-4(6)7-3-5/h3-5H2,1-2H3;2H,1H2. The first-order valence-electron chi connectivity index (χ1n) is 4.50. The van der Waals surface area contributed by atoms with E-state index in [1.54, 1.807) is 6.92 Å². The van der Waals surface area contributed by atoms with Crippen molar-refractivity contribution in [2.45, 2.75) is 26.7 Å². The van der Waals surface area contributed by atoms with Crippen LogP contribution in [0, 0.1) is 11.5 Å². The summed E-state index contributed by atoms with van der Waals surface area (Å²) in [5.74, 6) is -0.825. The van der Waals surface area contributed by atoms with Gasteiger partial charge in [-0.3, -0.25) is 4.79 Å². The van der Waals surface area contributed by atoms with Gasteiger partial charge in [0, 0.05) is 12.5 Å². The van der Waals surface area contributed by atoms with Gasteiger partial charge in [-0.2, -0.15) is 0 Å². The maximum atomic E-state index is 10.3. The Balaban J connectivity index is 0. The molecule has 0 amide bonds. The molecule has 0 bridgehead atoms. The Morgan fingerprint density at radius 2 is 2.07 bits per heavy atom. The number of hydrogen-bond donors (Lipinski definition) is 0. The van der Waals surface area contributed by atoms with E-state index in [0.29, 0.717) is 13.0 Å². The van der Waals surface area contributed by atoms with Crippen LogP contribution in [0.15, 0.2) is 12.7 Å². The van der Waals surface area contributed by atoms with Crippen LogP contribution in [0.1, 0.15) is 26.7 Å². The molecule has 0 saturated heterocycles. The highest BCUT2D eigenvalue weighted by molar-refractivity contribution is 5.81. The van der Waals surface area contributed by atoms with Gasteiger partial charge in [0.2, 0.25) is 0 Å². The molecule has 0 heterocycles. The first kappa shape index (κ1) is 15.6. The average Bonchev–Trinajstić information content (AvgIpc) is 2.26. The van der Waals surface area contributed by atoms with Crippen LogP contribution in [0.3, 0.4) is 0 Å². The van der Waals surface area contributed by atoms with Crippen LogP contribution in [0.25, 0.3) is 0 Å². The van der Waals surface area contributed by atoms with Gasteiger partial charge in [-0.15, -0.1) is 5.26 Å². The molecule has 5 nitrogen and oxygen atoms in total. The van der Waals surface area contributed by atoms with Crippen LogP contribution in [-0.4, -0.2) is 18.5 Å². The lowest BCUT2D eigenvalue weighted by Crippen LogP contribution is -2.02. The summed E-state index contributed by atoms with van der Waals surface area (Å²) in [6, 6.07) is 0. The van der Waals surface area contributed by atoms with Gasteiger partial charge in [-0.25, -0.2) is 4.79 Å². The van der Waals surface area contributed by atoms with Crippen LogP contribution in [0.5, 0.6) is 0 Å².